The second-order valence-corrected chi connectivity index (χ2v) is 4.79. The van der Waals surface area contributed by atoms with Crippen molar-refractivity contribution < 1.29 is 10.2 Å². The summed E-state index contributed by atoms with van der Waals surface area (Å²) in [6.07, 6.45) is 2.33. The molecular formula is C12H23N3O2. The average Bonchev–Trinajstić information content (AvgIpc) is 2.72. The molecule has 1 heterocycles. The highest BCUT2D eigenvalue weighted by atomic mass is 16.3. The minimum atomic E-state index is -0.857. The minimum absolute atomic E-state index is 0.508. The molecule has 5 heteroatoms. The van der Waals surface area contributed by atoms with E-state index in [1.54, 1.807) is 17.1 Å². The van der Waals surface area contributed by atoms with Crippen molar-refractivity contribution in [3.8, 4) is 0 Å². The smallest absolute Gasteiger partial charge is 0.108 e. The van der Waals surface area contributed by atoms with E-state index in [0.717, 1.165) is 6.54 Å². The van der Waals surface area contributed by atoms with E-state index in [1.165, 1.54) is 0 Å². The second kappa shape index (κ2) is 6.74. The molecule has 1 aromatic heterocycles. The first kappa shape index (κ1) is 14.2. The van der Waals surface area contributed by atoms with E-state index in [2.05, 4.69) is 24.3 Å². The maximum absolute atomic E-state index is 9.93. The SMILES string of the molecule is CNCCC(O)C(O)c1cnn(CC(C)C)c1. The number of hydrogen-bond acceptors (Lipinski definition) is 4. The van der Waals surface area contributed by atoms with E-state index in [4.69, 9.17) is 0 Å². The zero-order valence-corrected chi connectivity index (χ0v) is 10.8. The van der Waals surface area contributed by atoms with Crippen molar-refractivity contribution in [3.05, 3.63) is 18.0 Å². The summed E-state index contributed by atoms with van der Waals surface area (Å²) < 4.78 is 1.80. The second-order valence-electron chi connectivity index (χ2n) is 4.79. The van der Waals surface area contributed by atoms with Gasteiger partial charge in [0.2, 0.25) is 0 Å². The van der Waals surface area contributed by atoms with Gasteiger partial charge in [0.1, 0.15) is 6.10 Å². The Hall–Kier alpha value is -0.910. The highest BCUT2D eigenvalue weighted by Crippen LogP contribution is 2.18. The highest BCUT2D eigenvalue weighted by Gasteiger charge is 2.19. The van der Waals surface area contributed by atoms with E-state index < -0.39 is 12.2 Å². The van der Waals surface area contributed by atoms with Gasteiger partial charge in [-0.2, -0.15) is 5.10 Å². The highest BCUT2D eigenvalue weighted by molar-refractivity contribution is 5.09. The Labute approximate surface area is 102 Å². The number of nitrogens with one attached hydrogen (secondary N) is 1. The first-order valence-corrected chi connectivity index (χ1v) is 6.07. The molecule has 2 atom stereocenters. The molecule has 0 aromatic carbocycles. The first-order valence-electron chi connectivity index (χ1n) is 6.07. The number of nitrogens with zero attached hydrogens (tertiary/aromatic N) is 2. The topological polar surface area (TPSA) is 70.3 Å². The fraction of sp³-hybridized carbons (Fsp3) is 0.750. The molecule has 0 radical (unpaired) electrons. The van der Waals surface area contributed by atoms with Crippen molar-refractivity contribution >= 4 is 0 Å². The predicted molar refractivity (Wildman–Crippen MR) is 66.6 cm³/mol. The Balaban J connectivity index is 2.56. The van der Waals surface area contributed by atoms with Crippen LogP contribution < -0.4 is 5.32 Å². The van der Waals surface area contributed by atoms with Crippen molar-refractivity contribution in [3.63, 3.8) is 0 Å². The van der Waals surface area contributed by atoms with Crippen LogP contribution in [0.4, 0.5) is 0 Å². The van der Waals surface area contributed by atoms with Crippen molar-refractivity contribution in [2.24, 2.45) is 5.92 Å². The van der Waals surface area contributed by atoms with Gasteiger partial charge < -0.3 is 15.5 Å². The quantitative estimate of drug-likeness (QED) is 0.652. The molecule has 0 aliphatic heterocycles. The van der Waals surface area contributed by atoms with Crippen LogP contribution in [-0.2, 0) is 6.54 Å². The van der Waals surface area contributed by atoms with Gasteiger partial charge in [0.05, 0.1) is 12.3 Å². The van der Waals surface area contributed by atoms with Gasteiger partial charge in [0.15, 0.2) is 0 Å². The lowest BCUT2D eigenvalue weighted by molar-refractivity contribution is 0.0140. The summed E-state index contributed by atoms with van der Waals surface area (Å²) in [4.78, 5) is 0. The van der Waals surface area contributed by atoms with E-state index in [9.17, 15) is 10.2 Å². The Kier molecular flexibility index (Phi) is 5.61. The standard InChI is InChI=1S/C12H23N3O2/c1-9(2)7-15-8-10(6-14-15)12(17)11(16)4-5-13-3/h6,8-9,11-13,16-17H,4-5,7H2,1-3H3. The zero-order valence-electron chi connectivity index (χ0n) is 10.8. The third-order valence-electron chi connectivity index (χ3n) is 2.60. The summed E-state index contributed by atoms with van der Waals surface area (Å²) in [5.74, 6) is 0.508. The lowest BCUT2D eigenvalue weighted by atomic mass is 10.1. The van der Waals surface area contributed by atoms with E-state index in [1.807, 2.05) is 7.05 Å². The number of rotatable bonds is 7. The summed E-state index contributed by atoms with van der Waals surface area (Å²) in [6.45, 7) is 5.72. The summed E-state index contributed by atoms with van der Waals surface area (Å²) in [5, 5.41) is 26.8. The molecule has 0 fully saturated rings. The van der Waals surface area contributed by atoms with Crippen molar-refractivity contribution in [2.75, 3.05) is 13.6 Å². The molecule has 1 rings (SSSR count). The van der Waals surface area contributed by atoms with Crippen LogP contribution in [0, 0.1) is 5.92 Å². The molecule has 2 unspecified atom stereocenters. The molecule has 3 N–H and O–H groups in total. The fourth-order valence-corrected chi connectivity index (χ4v) is 1.68. The van der Waals surface area contributed by atoms with Gasteiger partial charge in [-0.1, -0.05) is 13.8 Å². The maximum atomic E-state index is 9.93. The van der Waals surface area contributed by atoms with E-state index in [0.29, 0.717) is 24.4 Å². The molecule has 0 spiro atoms. The average molecular weight is 241 g/mol. The lowest BCUT2D eigenvalue weighted by Crippen LogP contribution is -2.23. The van der Waals surface area contributed by atoms with Gasteiger partial charge in [-0.05, 0) is 25.9 Å². The number of hydrogen-bond donors (Lipinski definition) is 3. The molecule has 17 heavy (non-hydrogen) atoms. The molecule has 0 saturated heterocycles. The molecule has 0 bridgehead atoms. The Morgan fingerprint density at radius 2 is 2.12 bits per heavy atom. The van der Waals surface area contributed by atoms with Gasteiger partial charge in [-0.15, -0.1) is 0 Å². The molecule has 0 aliphatic carbocycles. The van der Waals surface area contributed by atoms with E-state index >= 15 is 0 Å². The largest absolute Gasteiger partial charge is 0.390 e. The van der Waals surface area contributed by atoms with Crippen LogP contribution in [0.25, 0.3) is 0 Å². The molecule has 0 amide bonds. The number of aliphatic hydroxyl groups is 2. The lowest BCUT2D eigenvalue weighted by Gasteiger charge is -2.16. The molecular weight excluding hydrogens is 218 g/mol. The van der Waals surface area contributed by atoms with Crippen LogP contribution in [0.3, 0.4) is 0 Å². The summed E-state index contributed by atoms with van der Waals surface area (Å²) >= 11 is 0. The van der Waals surface area contributed by atoms with Gasteiger partial charge in [-0.3, -0.25) is 4.68 Å². The van der Waals surface area contributed by atoms with Crippen LogP contribution in [0.1, 0.15) is 31.9 Å². The van der Waals surface area contributed by atoms with Crippen LogP contribution in [-0.4, -0.2) is 39.7 Å². The third-order valence-corrected chi connectivity index (χ3v) is 2.60. The Morgan fingerprint density at radius 1 is 1.41 bits per heavy atom. The van der Waals surface area contributed by atoms with Crippen molar-refractivity contribution in [2.45, 2.75) is 39.0 Å². The van der Waals surface area contributed by atoms with Crippen LogP contribution in [0.15, 0.2) is 12.4 Å². The number of aliphatic hydroxyl groups excluding tert-OH is 2. The Bertz CT molecular complexity index is 325. The van der Waals surface area contributed by atoms with Crippen molar-refractivity contribution in [1.29, 1.82) is 0 Å². The minimum Gasteiger partial charge on any atom is -0.390 e. The molecule has 5 nitrogen and oxygen atoms in total. The van der Waals surface area contributed by atoms with Crippen molar-refractivity contribution in [1.82, 2.24) is 15.1 Å². The molecule has 98 valence electrons. The molecule has 0 saturated carbocycles. The summed E-state index contributed by atoms with van der Waals surface area (Å²) in [7, 11) is 1.82. The predicted octanol–water partition coefficient (Wildman–Crippen LogP) is 0.543. The molecule has 0 aliphatic rings. The summed E-state index contributed by atoms with van der Waals surface area (Å²) in [6, 6.07) is 0. The fourth-order valence-electron chi connectivity index (χ4n) is 1.68. The number of aromatic nitrogens is 2. The Morgan fingerprint density at radius 3 is 2.71 bits per heavy atom. The third kappa shape index (κ3) is 4.46. The van der Waals surface area contributed by atoms with Gasteiger partial charge in [0.25, 0.3) is 0 Å². The van der Waals surface area contributed by atoms with E-state index in [-0.39, 0.29) is 0 Å². The van der Waals surface area contributed by atoms with Gasteiger partial charge in [-0.25, -0.2) is 0 Å². The van der Waals surface area contributed by atoms with Gasteiger partial charge >= 0.3 is 0 Å². The molecule has 1 aromatic rings. The normalized spacial score (nSPS) is 15.2. The zero-order chi connectivity index (χ0) is 12.8. The monoisotopic (exact) mass is 241 g/mol. The first-order chi connectivity index (χ1) is 8.04. The van der Waals surface area contributed by atoms with Crippen LogP contribution in [0.5, 0.6) is 0 Å². The summed E-state index contributed by atoms with van der Waals surface area (Å²) in [5.41, 5.74) is 0.675. The van der Waals surface area contributed by atoms with Crippen LogP contribution >= 0.6 is 0 Å². The maximum Gasteiger partial charge on any atom is 0.108 e. The van der Waals surface area contributed by atoms with Crippen LogP contribution in [0.2, 0.25) is 0 Å². The van der Waals surface area contributed by atoms with Gasteiger partial charge in [0, 0.05) is 18.3 Å².